The maximum Gasteiger partial charge on any atom is 0.313 e. The minimum absolute atomic E-state index is 0.145. The SMILES string of the molecule is CC(C)c1onc(-c2ccccc2Cl)c1COc1ccc(COc2ccc(C(C)(C)C(=O)O)cc2)cc1. The Morgan fingerprint density at radius 1 is 0.946 bits per heavy atom. The number of ether oxygens (including phenoxy) is 2. The van der Waals surface area contributed by atoms with Crippen molar-refractivity contribution in [2.24, 2.45) is 0 Å². The van der Waals surface area contributed by atoms with Crippen molar-refractivity contribution in [2.45, 2.75) is 52.2 Å². The second-order valence-corrected chi connectivity index (χ2v) is 10.1. The van der Waals surface area contributed by atoms with Gasteiger partial charge >= 0.3 is 5.97 Å². The Morgan fingerprint density at radius 3 is 2.14 bits per heavy atom. The molecule has 0 fully saturated rings. The zero-order valence-electron chi connectivity index (χ0n) is 21.3. The lowest BCUT2D eigenvalue weighted by molar-refractivity contribution is -0.142. The number of nitrogens with zero attached hydrogens (tertiary/aromatic N) is 1. The Hall–Kier alpha value is -3.77. The molecule has 4 rings (SSSR count). The van der Waals surface area contributed by atoms with Crippen LogP contribution in [0.3, 0.4) is 0 Å². The first-order valence-electron chi connectivity index (χ1n) is 12.1. The van der Waals surface area contributed by atoms with Crippen molar-refractivity contribution in [3.05, 3.63) is 100 Å². The van der Waals surface area contributed by atoms with Crippen molar-refractivity contribution in [1.29, 1.82) is 0 Å². The number of aromatic nitrogens is 1. The molecule has 0 aliphatic rings. The molecule has 6 nitrogen and oxygen atoms in total. The van der Waals surface area contributed by atoms with Gasteiger partial charge in [0.25, 0.3) is 0 Å². The molecule has 0 spiro atoms. The number of benzene rings is 3. The molecule has 7 heteroatoms. The molecule has 0 amide bonds. The van der Waals surface area contributed by atoms with Crippen LogP contribution in [0.5, 0.6) is 11.5 Å². The Balaban J connectivity index is 1.40. The number of aliphatic carboxylic acids is 1. The molecular formula is C30H30ClNO5. The second kappa shape index (κ2) is 11.1. The summed E-state index contributed by atoms with van der Waals surface area (Å²) in [5.41, 5.74) is 3.13. The quantitative estimate of drug-likeness (QED) is 0.232. The van der Waals surface area contributed by atoms with Crippen LogP contribution >= 0.6 is 11.6 Å². The van der Waals surface area contributed by atoms with Crippen LogP contribution in [-0.2, 0) is 23.4 Å². The molecule has 0 aliphatic carbocycles. The highest BCUT2D eigenvalue weighted by Gasteiger charge is 2.29. The van der Waals surface area contributed by atoms with Gasteiger partial charge in [0.05, 0.1) is 16.0 Å². The van der Waals surface area contributed by atoms with E-state index in [1.165, 1.54) is 0 Å². The highest BCUT2D eigenvalue weighted by molar-refractivity contribution is 6.33. The summed E-state index contributed by atoms with van der Waals surface area (Å²) in [7, 11) is 0. The molecule has 4 aromatic rings. The lowest BCUT2D eigenvalue weighted by Crippen LogP contribution is -2.28. The van der Waals surface area contributed by atoms with Crippen molar-refractivity contribution >= 4 is 17.6 Å². The third-order valence-electron chi connectivity index (χ3n) is 6.29. The number of carbonyl (C=O) groups is 1. The number of rotatable bonds is 10. The Kier molecular flexibility index (Phi) is 7.89. The summed E-state index contributed by atoms with van der Waals surface area (Å²) in [6.07, 6.45) is 0. The normalized spacial score (nSPS) is 11.5. The van der Waals surface area contributed by atoms with Gasteiger partial charge in [-0.1, -0.05) is 73.1 Å². The predicted octanol–water partition coefficient (Wildman–Crippen LogP) is 7.64. The van der Waals surface area contributed by atoms with Gasteiger partial charge in [-0.05, 0) is 55.3 Å². The van der Waals surface area contributed by atoms with Crippen LogP contribution in [0.4, 0.5) is 0 Å². The molecule has 37 heavy (non-hydrogen) atoms. The number of carboxylic acids is 1. The van der Waals surface area contributed by atoms with Crippen LogP contribution in [0.1, 0.15) is 56.1 Å². The molecule has 3 aromatic carbocycles. The van der Waals surface area contributed by atoms with Gasteiger partial charge in [0.2, 0.25) is 0 Å². The first kappa shape index (κ1) is 26.3. The minimum Gasteiger partial charge on any atom is -0.489 e. The summed E-state index contributed by atoms with van der Waals surface area (Å²) < 4.78 is 17.6. The van der Waals surface area contributed by atoms with Gasteiger partial charge in [0.1, 0.15) is 36.2 Å². The number of carboxylic acid groups (broad SMARTS) is 1. The van der Waals surface area contributed by atoms with Gasteiger partial charge in [-0.3, -0.25) is 4.79 Å². The summed E-state index contributed by atoms with van der Waals surface area (Å²) in [5, 5.41) is 14.3. The molecule has 0 saturated carbocycles. The van der Waals surface area contributed by atoms with Gasteiger partial charge in [-0.25, -0.2) is 0 Å². The van der Waals surface area contributed by atoms with E-state index in [1.54, 1.807) is 38.1 Å². The summed E-state index contributed by atoms with van der Waals surface area (Å²) >= 11 is 6.41. The predicted molar refractivity (Wildman–Crippen MR) is 143 cm³/mol. The van der Waals surface area contributed by atoms with Crippen molar-refractivity contribution in [3.8, 4) is 22.8 Å². The van der Waals surface area contributed by atoms with Crippen molar-refractivity contribution in [2.75, 3.05) is 0 Å². The highest BCUT2D eigenvalue weighted by Crippen LogP contribution is 2.34. The van der Waals surface area contributed by atoms with Crippen LogP contribution in [0, 0.1) is 0 Å². The van der Waals surface area contributed by atoms with Gasteiger partial charge in [0.15, 0.2) is 0 Å². The van der Waals surface area contributed by atoms with E-state index < -0.39 is 11.4 Å². The standard InChI is InChI=1S/C30H30ClNO5/c1-19(2)28-25(27(32-37-28)24-7-5-6-8-26(24)31)18-36-22-13-9-20(10-14-22)17-35-23-15-11-21(12-16-23)30(3,4)29(33)34/h5-16,19H,17-18H2,1-4H3,(H,33,34). The molecule has 0 saturated heterocycles. The van der Waals surface area contributed by atoms with E-state index in [1.807, 2.05) is 48.5 Å². The van der Waals surface area contributed by atoms with E-state index in [0.717, 1.165) is 28.0 Å². The Labute approximate surface area is 221 Å². The van der Waals surface area contributed by atoms with Crippen LogP contribution in [0.2, 0.25) is 5.02 Å². The summed E-state index contributed by atoms with van der Waals surface area (Å²) in [6, 6.07) is 22.4. The highest BCUT2D eigenvalue weighted by atomic mass is 35.5. The summed E-state index contributed by atoms with van der Waals surface area (Å²) in [5.74, 6) is 1.44. The number of hydrogen-bond donors (Lipinski definition) is 1. The fraction of sp³-hybridized carbons (Fsp3) is 0.267. The van der Waals surface area contributed by atoms with Crippen LogP contribution < -0.4 is 9.47 Å². The van der Waals surface area contributed by atoms with Crippen LogP contribution in [-0.4, -0.2) is 16.2 Å². The fourth-order valence-corrected chi connectivity index (χ4v) is 4.10. The average molecular weight is 520 g/mol. The van der Waals surface area contributed by atoms with Gasteiger partial charge in [-0.2, -0.15) is 0 Å². The Morgan fingerprint density at radius 2 is 1.54 bits per heavy atom. The van der Waals surface area contributed by atoms with E-state index >= 15 is 0 Å². The monoisotopic (exact) mass is 519 g/mol. The second-order valence-electron chi connectivity index (χ2n) is 9.68. The summed E-state index contributed by atoms with van der Waals surface area (Å²) in [6.45, 7) is 8.14. The molecule has 0 atom stereocenters. The summed E-state index contributed by atoms with van der Waals surface area (Å²) in [4.78, 5) is 11.4. The molecule has 0 bridgehead atoms. The third kappa shape index (κ3) is 5.97. The molecule has 0 radical (unpaired) electrons. The van der Waals surface area contributed by atoms with E-state index in [-0.39, 0.29) is 5.92 Å². The molecule has 1 heterocycles. The molecule has 0 aliphatic heterocycles. The Bertz CT molecular complexity index is 1360. The number of halogens is 1. The zero-order valence-corrected chi connectivity index (χ0v) is 22.1. The van der Waals surface area contributed by atoms with Crippen molar-refractivity contribution < 1.29 is 23.9 Å². The van der Waals surface area contributed by atoms with Crippen molar-refractivity contribution in [3.63, 3.8) is 0 Å². The molecular weight excluding hydrogens is 490 g/mol. The van der Waals surface area contributed by atoms with Gasteiger partial charge in [-0.15, -0.1) is 0 Å². The molecule has 192 valence electrons. The topological polar surface area (TPSA) is 81.8 Å². The molecule has 0 unspecified atom stereocenters. The maximum atomic E-state index is 11.4. The average Bonchev–Trinajstić information content (AvgIpc) is 3.31. The zero-order chi connectivity index (χ0) is 26.6. The van der Waals surface area contributed by atoms with Crippen LogP contribution in [0.15, 0.2) is 77.3 Å². The smallest absolute Gasteiger partial charge is 0.313 e. The lowest BCUT2D eigenvalue weighted by Gasteiger charge is -2.19. The first-order chi connectivity index (χ1) is 17.7. The third-order valence-corrected chi connectivity index (χ3v) is 6.62. The van der Waals surface area contributed by atoms with Crippen molar-refractivity contribution in [1.82, 2.24) is 5.16 Å². The first-order valence-corrected chi connectivity index (χ1v) is 12.5. The fourth-order valence-electron chi connectivity index (χ4n) is 3.88. The largest absolute Gasteiger partial charge is 0.489 e. The van der Waals surface area contributed by atoms with E-state index in [0.29, 0.717) is 35.4 Å². The number of hydrogen-bond acceptors (Lipinski definition) is 5. The van der Waals surface area contributed by atoms with Gasteiger partial charge < -0.3 is 19.1 Å². The van der Waals surface area contributed by atoms with Crippen LogP contribution in [0.25, 0.3) is 11.3 Å². The van der Waals surface area contributed by atoms with E-state index in [9.17, 15) is 9.90 Å². The molecule has 1 aromatic heterocycles. The molecule has 1 N–H and O–H groups in total. The van der Waals surface area contributed by atoms with Gasteiger partial charge in [0, 0.05) is 11.5 Å². The minimum atomic E-state index is -0.953. The van der Waals surface area contributed by atoms with E-state index in [4.69, 9.17) is 25.6 Å². The van der Waals surface area contributed by atoms with E-state index in [2.05, 4.69) is 19.0 Å². The lowest BCUT2D eigenvalue weighted by atomic mass is 9.85. The maximum absolute atomic E-state index is 11.4.